The van der Waals surface area contributed by atoms with Crippen molar-refractivity contribution in [2.75, 3.05) is 18.0 Å². The Morgan fingerprint density at radius 1 is 1.37 bits per heavy atom. The standard InChI is InChI=1S/C14H14N2O3/c1-9-6-10-8-16(14(18)19)12-5-3-2-4-11(12)13(17)15(10)7-9/h2-5,10H,1,6-8H2,(H,18,19). The van der Waals surface area contributed by atoms with E-state index in [0.29, 0.717) is 30.8 Å². The second-order valence-corrected chi connectivity index (χ2v) is 4.95. The van der Waals surface area contributed by atoms with Crippen molar-refractivity contribution in [2.45, 2.75) is 12.5 Å². The lowest BCUT2D eigenvalue weighted by Gasteiger charge is -2.23. The summed E-state index contributed by atoms with van der Waals surface area (Å²) in [6.45, 7) is 4.73. The van der Waals surface area contributed by atoms with Gasteiger partial charge in [-0.15, -0.1) is 0 Å². The topological polar surface area (TPSA) is 60.9 Å². The number of amides is 2. The summed E-state index contributed by atoms with van der Waals surface area (Å²) in [7, 11) is 0. The average Bonchev–Trinajstić information content (AvgIpc) is 2.71. The molecular formula is C14H14N2O3. The Kier molecular flexibility index (Phi) is 2.55. The molecule has 5 nitrogen and oxygen atoms in total. The summed E-state index contributed by atoms with van der Waals surface area (Å²) in [6, 6.07) is 6.75. The number of hydrogen-bond donors (Lipinski definition) is 1. The van der Waals surface area contributed by atoms with Crippen molar-refractivity contribution in [1.82, 2.24) is 4.90 Å². The first kappa shape index (κ1) is 11.8. The van der Waals surface area contributed by atoms with Gasteiger partial charge in [0, 0.05) is 6.54 Å². The van der Waals surface area contributed by atoms with Crippen LogP contribution in [0.15, 0.2) is 36.4 Å². The minimum atomic E-state index is -1.03. The molecule has 5 heteroatoms. The van der Waals surface area contributed by atoms with Crippen LogP contribution in [0, 0.1) is 0 Å². The van der Waals surface area contributed by atoms with Gasteiger partial charge in [-0.05, 0) is 18.6 Å². The van der Waals surface area contributed by atoms with Crippen LogP contribution in [0.25, 0.3) is 0 Å². The van der Waals surface area contributed by atoms with Crippen LogP contribution in [-0.4, -0.2) is 41.1 Å². The molecule has 19 heavy (non-hydrogen) atoms. The lowest BCUT2D eigenvalue weighted by atomic mass is 10.1. The molecule has 1 unspecified atom stereocenters. The lowest BCUT2D eigenvalue weighted by Crippen LogP contribution is -2.41. The highest BCUT2D eigenvalue weighted by Crippen LogP contribution is 2.32. The molecule has 1 aromatic rings. The van der Waals surface area contributed by atoms with Gasteiger partial charge in [0.25, 0.3) is 5.91 Å². The molecule has 0 radical (unpaired) electrons. The van der Waals surface area contributed by atoms with E-state index < -0.39 is 6.09 Å². The maximum atomic E-state index is 12.5. The number of nitrogens with zero attached hydrogens (tertiary/aromatic N) is 2. The number of benzene rings is 1. The summed E-state index contributed by atoms with van der Waals surface area (Å²) in [5, 5.41) is 9.36. The highest BCUT2D eigenvalue weighted by molar-refractivity contribution is 6.04. The summed E-state index contributed by atoms with van der Waals surface area (Å²) >= 11 is 0. The Balaban J connectivity index is 2.12. The molecule has 2 aliphatic rings. The Morgan fingerprint density at radius 2 is 2.11 bits per heavy atom. The minimum absolute atomic E-state index is 0.108. The number of fused-ring (bicyclic) bond motifs is 2. The summed E-state index contributed by atoms with van der Waals surface area (Å²) in [5.41, 5.74) is 1.89. The molecule has 0 aliphatic carbocycles. The normalized spacial score (nSPS) is 22.0. The van der Waals surface area contributed by atoms with Gasteiger partial charge in [-0.25, -0.2) is 4.79 Å². The summed E-state index contributed by atoms with van der Waals surface area (Å²) in [5.74, 6) is -0.108. The summed E-state index contributed by atoms with van der Waals surface area (Å²) < 4.78 is 0. The van der Waals surface area contributed by atoms with Gasteiger partial charge in [-0.1, -0.05) is 24.3 Å². The predicted molar refractivity (Wildman–Crippen MR) is 70.4 cm³/mol. The van der Waals surface area contributed by atoms with Gasteiger partial charge in [0.05, 0.1) is 23.8 Å². The quantitative estimate of drug-likeness (QED) is 0.723. The molecule has 0 saturated carbocycles. The number of rotatable bonds is 0. The maximum Gasteiger partial charge on any atom is 0.411 e. The summed E-state index contributed by atoms with van der Waals surface area (Å²) in [6.07, 6.45) is -0.358. The van der Waals surface area contributed by atoms with Crippen LogP contribution in [0.1, 0.15) is 16.8 Å². The van der Waals surface area contributed by atoms with Gasteiger partial charge < -0.3 is 10.0 Å². The Bertz CT molecular complexity index is 582. The van der Waals surface area contributed by atoms with Crippen molar-refractivity contribution >= 4 is 17.7 Å². The zero-order valence-corrected chi connectivity index (χ0v) is 10.4. The van der Waals surface area contributed by atoms with Crippen LogP contribution < -0.4 is 4.90 Å². The van der Waals surface area contributed by atoms with Gasteiger partial charge in [-0.2, -0.15) is 0 Å². The molecular weight excluding hydrogens is 244 g/mol. The first-order valence-corrected chi connectivity index (χ1v) is 6.15. The van der Waals surface area contributed by atoms with Crippen LogP contribution in [0.4, 0.5) is 10.5 Å². The van der Waals surface area contributed by atoms with E-state index in [0.717, 1.165) is 5.57 Å². The van der Waals surface area contributed by atoms with Gasteiger partial charge in [0.2, 0.25) is 0 Å². The number of para-hydroxylation sites is 1. The molecule has 3 rings (SSSR count). The van der Waals surface area contributed by atoms with E-state index in [4.69, 9.17) is 0 Å². The fourth-order valence-corrected chi connectivity index (χ4v) is 2.81. The lowest BCUT2D eigenvalue weighted by molar-refractivity contribution is 0.0750. The van der Waals surface area contributed by atoms with Gasteiger partial charge in [-0.3, -0.25) is 9.69 Å². The average molecular weight is 258 g/mol. The Labute approximate surface area is 110 Å². The molecule has 1 saturated heterocycles. The number of carbonyl (C=O) groups excluding carboxylic acids is 1. The molecule has 2 heterocycles. The van der Waals surface area contributed by atoms with Crippen molar-refractivity contribution in [3.05, 3.63) is 42.0 Å². The van der Waals surface area contributed by atoms with Crippen molar-refractivity contribution in [3.8, 4) is 0 Å². The zero-order valence-electron chi connectivity index (χ0n) is 10.4. The van der Waals surface area contributed by atoms with Crippen molar-refractivity contribution in [2.24, 2.45) is 0 Å². The molecule has 2 aliphatic heterocycles. The first-order chi connectivity index (χ1) is 9.08. The minimum Gasteiger partial charge on any atom is -0.465 e. The Hall–Kier alpha value is -2.30. The molecule has 98 valence electrons. The van der Waals surface area contributed by atoms with E-state index in [1.54, 1.807) is 29.2 Å². The van der Waals surface area contributed by atoms with Crippen molar-refractivity contribution < 1.29 is 14.7 Å². The number of carboxylic acid groups (broad SMARTS) is 1. The van der Waals surface area contributed by atoms with E-state index in [1.807, 2.05) is 0 Å². The second kappa shape index (κ2) is 4.12. The van der Waals surface area contributed by atoms with E-state index in [2.05, 4.69) is 6.58 Å². The molecule has 1 fully saturated rings. The molecule has 0 bridgehead atoms. The molecule has 1 atom stereocenters. The maximum absolute atomic E-state index is 12.5. The van der Waals surface area contributed by atoms with E-state index >= 15 is 0 Å². The monoisotopic (exact) mass is 258 g/mol. The fourth-order valence-electron chi connectivity index (χ4n) is 2.81. The largest absolute Gasteiger partial charge is 0.465 e. The SMILES string of the molecule is C=C1CC2CN(C(=O)O)c3ccccc3C(=O)N2C1. The zero-order chi connectivity index (χ0) is 13.6. The van der Waals surface area contributed by atoms with Gasteiger partial charge in [0.15, 0.2) is 0 Å². The molecule has 0 aromatic heterocycles. The summed E-state index contributed by atoms with van der Waals surface area (Å²) in [4.78, 5) is 26.9. The first-order valence-electron chi connectivity index (χ1n) is 6.15. The molecule has 1 aromatic carbocycles. The van der Waals surface area contributed by atoms with Crippen molar-refractivity contribution in [1.29, 1.82) is 0 Å². The third-order valence-corrected chi connectivity index (χ3v) is 3.67. The highest BCUT2D eigenvalue weighted by atomic mass is 16.4. The van der Waals surface area contributed by atoms with Crippen molar-refractivity contribution in [3.63, 3.8) is 0 Å². The predicted octanol–water partition coefficient (Wildman–Crippen LogP) is 1.96. The third-order valence-electron chi connectivity index (χ3n) is 3.67. The molecule has 2 amide bonds. The smallest absolute Gasteiger partial charge is 0.411 e. The fraction of sp³-hybridized carbons (Fsp3) is 0.286. The van der Waals surface area contributed by atoms with Crippen LogP contribution in [0.2, 0.25) is 0 Å². The number of hydrogen-bond acceptors (Lipinski definition) is 2. The number of carbonyl (C=O) groups is 2. The number of anilines is 1. The van der Waals surface area contributed by atoms with Crippen LogP contribution in [0.5, 0.6) is 0 Å². The van der Waals surface area contributed by atoms with E-state index in [9.17, 15) is 14.7 Å². The Morgan fingerprint density at radius 3 is 2.84 bits per heavy atom. The van der Waals surface area contributed by atoms with Crippen LogP contribution in [-0.2, 0) is 0 Å². The van der Waals surface area contributed by atoms with Crippen LogP contribution in [0.3, 0.4) is 0 Å². The van der Waals surface area contributed by atoms with E-state index in [-0.39, 0.29) is 11.9 Å². The third kappa shape index (κ3) is 1.78. The molecule has 0 spiro atoms. The highest BCUT2D eigenvalue weighted by Gasteiger charge is 2.38. The van der Waals surface area contributed by atoms with Gasteiger partial charge in [0.1, 0.15) is 0 Å². The molecule has 1 N–H and O–H groups in total. The van der Waals surface area contributed by atoms with Crippen LogP contribution >= 0.6 is 0 Å². The van der Waals surface area contributed by atoms with E-state index in [1.165, 1.54) is 4.90 Å². The second-order valence-electron chi connectivity index (χ2n) is 4.95. The van der Waals surface area contributed by atoms with Gasteiger partial charge >= 0.3 is 6.09 Å².